The fourth-order valence-corrected chi connectivity index (χ4v) is 4.03. The Bertz CT molecular complexity index is 1370. The maximum atomic E-state index is 13.9. The van der Waals surface area contributed by atoms with Crippen molar-refractivity contribution >= 4 is 42.0 Å². The van der Waals surface area contributed by atoms with Gasteiger partial charge in [-0.3, -0.25) is 14.5 Å². The van der Waals surface area contributed by atoms with Crippen LogP contribution in [0.15, 0.2) is 62.9 Å². The van der Waals surface area contributed by atoms with Gasteiger partial charge in [-0.05, 0) is 67.9 Å². The molecule has 9 nitrogen and oxygen atoms in total. The number of nitrogens with zero attached hydrogens (tertiary/aromatic N) is 3. The monoisotopic (exact) mass is 605 g/mol. The van der Waals surface area contributed by atoms with Crippen LogP contribution in [0, 0.1) is 12.7 Å². The lowest BCUT2D eigenvalue weighted by atomic mass is 10.1. The van der Waals surface area contributed by atoms with Crippen LogP contribution in [0.3, 0.4) is 0 Å². The molecule has 0 aliphatic carbocycles. The molecule has 0 saturated heterocycles. The third-order valence-electron chi connectivity index (χ3n) is 4.97. The van der Waals surface area contributed by atoms with Crippen LogP contribution >= 0.6 is 24.1 Å². The zero-order chi connectivity index (χ0) is 27.8. The van der Waals surface area contributed by atoms with Gasteiger partial charge < -0.3 is 19.5 Å². The Hall–Kier alpha value is -3.40. The Morgan fingerprint density at radius 1 is 1.24 bits per heavy atom. The summed E-state index contributed by atoms with van der Waals surface area (Å²) in [7, 11) is -2.60. The van der Waals surface area contributed by atoms with E-state index in [0.29, 0.717) is 27.0 Å². The van der Waals surface area contributed by atoms with Gasteiger partial charge in [0.05, 0.1) is 22.0 Å². The molecule has 12 heteroatoms. The lowest BCUT2D eigenvalue weighted by Crippen LogP contribution is -2.21. The maximum Gasteiger partial charge on any atom is 0.395 e. The zero-order valence-corrected chi connectivity index (χ0v) is 23.6. The Morgan fingerprint density at radius 2 is 1.95 bits per heavy atom. The van der Waals surface area contributed by atoms with Gasteiger partial charge in [0.25, 0.3) is 0 Å². The van der Waals surface area contributed by atoms with Crippen molar-refractivity contribution in [3.05, 3.63) is 75.8 Å². The topological polar surface area (TPSA) is 126 Å². The van der Waals surface area contributed by atoms with Crippen molar-refractivity contribution in [3.63, 3.8) is 0 Å². The second-order valence-corrected chi connectivity index (χ2v) is 10.1. The fraction of sp³-hybridized carbons (Fsp3) is 0.269. The van der Waals surface area contributed by atoms with Crippen LogP contribution in [0.5, 0.6) is 17.2 Å². The lowest BCUT2D eigenvalue weighted by molar-refractivity contribution is -0.170. The first-order valence-electron chi connectivity index (χ1n) is 11.5. The Balaban J connectivity index is 1.79. The van der Waals surface area contributed by atoms with Crippen molar-refractivity contribution < 1.29 is 33.2 Å². The number of ether oxygens (including phenoxy) is 2. The number of halogens is 2. The van der Waals surface area contributed by atoms with Gasteiger partial charge in [-0.2, -0.15) is 0 Å². The third-order valence-corrected chi connectivity index (χ3v) is 6.50. The van der Waals surface area contributed by atoms with E-state index in [1.807, 2.05) is 0 Å². The lowest BCUT2D eigenvalue weighted by Gasteiger charge is -2.13. The second kappa shape index (κ2) is 13.4. The quantitative estimate of drug-likeness (QED) is 0.173. The molecule has 1 unspecified atom stereocenters. The fourth-order valence-electron chi connectivity index (χ4n) is 3.04. The van der Waals surface area contributed by atoms with Gasteiger partial charge in [-0.25, -0.2) is 9.18 Å². The van der Waals surface area contributed by atoms with Crippen molar-refractivity contribution in [2.75, 3.05) is 0 Å². The van der Waals surface area contributed by atoms with Crippen LogP contribution in [0.1, 0.15) is 37.6 Å². The number of aryl methyl sites for hydroxylation is 1. The van der Waals surface area contributed by atoms with Crippen LogP contribution in [-0.4, -0.2) is 34.4 Å². The van der Waals surface area contributed by atoms with Crippen LogP contribution in [0.25, 0.3) is 0 Å². The van der Waals surface area contributed by atoms with Crippen LogP contribution in [0.2, 0.25) is 0 Å². The highest BCUT2D eigenvalue weighted by atomic mass is 79.9. The SMILES string of the molecule is Cc1ncc(COc2ccccc2O[P+]([O-])=N[C@H](C)C(=O)OC(C)C)c(/C=N/c2ccc(Br)c(F)c2)c1O. The predicted octanol–water partition coefficient (Wildman–Crippen LogP) is 5.90. The van der Waals surface area contributed by atoms with Crippen molar-refractivity contribution in [1.82, 2.24) is 4.98 Å². The molecule has 2 aromatic carbocycles. The first-order chi connectivity index (χ1) is 18.0. The highest BCUT2D eigenvalue weighted by Crippen LogP contribution is 2.34. The number of hydrogen-bond donors (Lipinski definition) is 1. The van der Waals surface area contributed by atoms with E-state index >= 15 is 0 Å². The van der Waals surface area contributed by atoms with E-state index in [9.17, 15) is 19.2 Å². The van der Waals surface area contributed by atoms with Crippen LogP contribution < -0.4 is 14.2 Å². The summed E-state index contributed by atoms with van der Waals surface area (Å²) in [6, 6.07) is 9.95. The molecule has 0 aliphatic heterocycles. The number of carbonyl (C=O) groups excluding carboxylic acids is 1. The highest BCUT2D eigenvalue weighted by Gasteiger charge is 2.21. The van der Waals surface area contributed by atoms with E-state index < -0.39 is 26.0 Å². The van der Waals surface area contributed by atoms with E-state index in [4.69, 9.17) is 14.0 Å². The number of aliphatic imine (C=N–C) groups is 1. The molecule has 3 rings (SSSR count). The van der Waals surface area contributed by atoms with E-state index in [0.717, 1.165) is 0 Å². The molecule has 38 heavy (non-hydrogen) atoms. The standard InChI is InChI=1S/C26H26BrFN3O6P/c1-15(2)36-26(33)17(4)31-38(34)37-24-8-6-5-7-23(24)35-14-18-12-29-16(3)25(32)20(18)13-30-19-9-10-21(27)22(28)11-19/h5-13,15,17,32H,14H2,1-4H3/b30-13+/t17-/m1/s1. The van der Waals surface area contributed by atoms with Gasteiger partial charge in [0.1, 0.15) is 18.2 Å². The number of benzene rings is 2. The number of para-hydroxylation sites is 2. The minimum Gasteiger partial charge on any atom is -0.575 e. The summed E-state index contributed by atoms with van der Waals surface area (Å²) in [5, 5.41) is 10.6. The van der Waals surface area contributed by atoms with Crippen molar-refractivity contribution in [2.45, 2.75) is 46.4 Å². The molecule has 0 radical (unpaired) electrons. The number of aromatic nitrogens is 1. The molecule has 3 aromatic rings. The van der Waals surface area contributed by atoms with Gasteiger partial charge in [0.15, 0.2) is 11.8 Å². The normalized spacial score (nSPS) is 12.6. The maximum absolute atomic E-state index is 13.9. The molecule has 0 fully saturated rings. The Morgan fingerprint density at radius 3 is 2.63 bits per heavy atom. The smallest absolute Gasteiger partial charge is 0.395 e. The summed E-state index contributed by atoms with van der Waals surface area (Å²) < 4.78 is 34.4. The molecule has 2 atom stereocenters. The van der Waals surface area contributed by atoms with Gasteiger partial charge in [0, 0.05) is 29.6 Å². The molecular formula is C26H26BrFN3O6P. The van der Waals surface area contributed by atoms with E-state index in [2.05, 4.69) is 30.7 Å². The second-order valence-electron chi connectivity index (χ2n) is 8.33. The number of rotatable bonds is 10. The Labute approximate surface area is 229 Å². The molecule has 200 valence electrons. The molecule has 1 N–H and O–H groups in total. The first-order valence-corrected chi connectivity index (χ1v) is 13.4. The number of esters is 1. The van der Waals surface area contributed by atoms with Crippen LogP contribution in [0.4, 0.5) is 10.1 Å². The summed E-state index contributed by atoms with van der Waals surface area (Å²) in [5.41, 5.74) is 1.56. The van der Waals surface area contributed by atoms with Gasteiger partial charge in [-0.15, -0.1) is 0 Å². The molecule has 0 spiro atoms. The summed E-state index contributed by atoms with van der Waals surface area (Å²) in [6.07, 6.45) is 2.61. The average molecular weight is 606 g/mol. The number of carbonyl (C=O) groups is 1. The minimum atomic E-state index is -2.60. The van der Waals surface area contributed by atoms with Gasteiger partial charge in [0.2, 0.25) is 5.75 Å². The molecular weight excluding hydrogens is 580 g/mol. The van der Waals surface area contributed by atoms with Gasteiger partial charge >= 0.3 is 14.1 Å². The van der Waals surface area contributed by atoms with Crippen molar-refractivity contribution in [1.29, 1.82) is 0 Å². The Kier molecular flexibility index (Phi) is 10.3. The summed E-state index contributed by atoms with van der Waals surface area (Å²) in [6.45, 7) is 6.46. The number of pyridine rings is 1. The summed E-state index contributed by atoms with van der Waals surface area (Å²) in [5.74, 6) is -0.774. The predicted molar refractivity (Wildman–Crippen MR) is 143 cm³/mol. The van der Waals surface area contributed by atoms with Crippen molar-refractivity contribution in [3.8, 4) is 17.2 Å². The number of hydrogen-bond acceptors (Lipinski definition) is 9. The zero-order valence-electron chi connectivity index (χ0n) is 21.1. The largest absolute Gasteiger partial charge is 0.575 e. The average Bonchev–Trinajstić information content (AvgIpc) is 2.86. The van der Waals surface area contributed by atoms with Crippen LogP contribution in [-0.2, 0) is 16.1 Å². The first kappa shape index (κ1) is 29.2. The molecule has 0 saturated carbocycles. The summed E-state index contributed by atoms with van der Waals surface area (Å²) >= 11 is 3.10. The molecule has 0 bridgehead atoms. The van der Waals surface area contributed by atoms with Gasteiger partial charge in [-0.1, -0.05) is 16.9 Å². The molecule has 1 heterocycles. The third kappa shape index (κ3) is 8.05. The molecule has 0 aliphatic rings. The summed E-state index contributed by atoms with van der Waals surface area (Å²) in [4.78, 5) is 32.8. The number of aromatic hydroxyl groups is 1. The van der Waals surface area contributed by atoms with Crippen molar-refractivity contribution in [2.24, 2.45) is 9.74 Å². The molecule has 1 aromatic heterocycles. The van der Waals surface area contributed by atoms with E-state index in [1.54, 1.807) is 51.1 Å². The van der Waals surface area contributed by atoms with E-state index in [1.165, 1.54) is 31.5 Å². The minimum absolute atomic E-state index is 0.0533. The highest BCUT2D eigenvalue weighted by molar-refractivity contribution is 9.10. The van der Waals surface area contributed by atoms with E-state index in [-0.39, 0.29) is 30.0 Å². The molecule has 0 amide bonds.